The van der Waals surface area contributed by atoms with E-state index in [2.05, 4.69) is 29.7 Å². The summed E-state index contributed by atoms with van der Waals surface area (Å²) in [6.45, 7) is 0. The lowest BCUT2D eigenvalue weighted by molar-refractivity contribution is 0.477. The minimum atomic E-state index is 0.378. The molecule has 26 valence electrons. The second-order valence-corrected chi connectivity index (χ2v) is 0.775. The van der Waals surface area contributed by atoms with Gasteiger partial charge in [-0.25, -0.2) is 0 Å². The summed E-state index contributed by atoms with van der Waals surface area (Å²) in [6, 6.07) is 0. The summed E-state index contributed by atoms with van der Waals surface area (Å²) in [5.74, 6) is 0.378. The van der Waals surface area contributed by atoms with Crippen LogP contribution in [0.2, 0.25) is 0 Å². The zero-order valence-electron chi connectivity index (χ0n) is 2.01. The van der Waals surface area contributed by atoms with E-state index in [0.29, 0.717) is 5.94 Å². The summed E-state index contributed by atoms with van der Waals surface area (Å²) in [5, 5.41) is 0. The van der Waals surface area contributed by atoms with Gasteiger partial charge in [0, 0.05) is 0 Å². The van der Waals surface area contributed by atoms with Crippen LogP contribution in [0.25, 0.3) is 0 Å². The van der Waals surface area contributed by atoms with Crippen LogP contribution < -0.4 is 0 Å². The van der Waals surface area contributed by atoms with Gasteiger partial charge in [-0.05, 0) is 12.9 Å². The zero-order chi connectivity index (χ0) is 3.41. The Morgan fingerprint density at radius 2 is 2.00 bits per heavy atom. The van der Waals surface area contributed by atoms with E-state index in [0.717, 1.165) is 0 Å². The molecule has 0 bridgehead atoms. The summed E-state index contributed by atoms with van der Waals surface area (Å²) in [5.41, 5.74) is 0. The van der Waals surface area contributed by atoms with E-state index in [-0.39, 0.29) is 0 Å². The van der Waals surface area contributed by atoms with Crippen LogP contribution in [0.1, 0.15) is 0 Å². The average molecular weight is 96.2 g/mol. The molecule has 0 aliphatic rings. The first-order valence-corrected chi connectivity index (χ1v) is 1.79. The Bertz CT molecular complexity index is 8.00. The number of thiol groups is 2. The number of hydrogen-bond donors (Lipinski definition) is 2. The maximum atomic E-state index is 4.10. The van der Waals surface area contributed by atoms with Crippen LogP contribution >= 0.6 is 25.5 Å². The van der Waals surface area contributed by atoms with Crippen molar-refractivity contribution in [2.45, 2.75) is 0 Å². The Balaban J connectivity index is 1.97. The van der Waals surface area contributed by atoms with E-state index >= 15 is 0 Å². The third-order valence-corrected chi connectivity index (χ3v) is 0.520. The lowest BCUT2D eigenvalue weighted by atomic mass is 11.7. The fourth-order valence-electron chi connectivity index (χ4n) is 0. The molecule has 1 nitrogen and oxygen atoms in total. The molecule has 0 heterocycles. The Hall–Kier alpha value is 0.660. The smallest absolute Gasteiger partial charge is 0.104 e. The topological polar surface area (TPSA) is 9.23 Å². The summed E-state index contributed by atoms with van der Waals surface area (Å²) < 4.78 is 4.10. The molecule has 0 saturated heterocycles. The fraction of sp³-hybridized carbons (Fsp3) is 1.00. The van der Waals surface area contributed by atoms with Crippen molar-refractivity contribution in [3.05, 3.63) is 0 Å². The van der Waals surface area contributed by atoms with Crippen LogP contribution in [0.3, 0.4) is 0 Å². The van der Waals surface area contributed by atoms with Crippen LogP contribution in [0.5, 0.6) is 0 Å². The molecule has 3 heteroatoms. The SMILES string of the molecule is SCOS. The van der Waals surface area contributed by atoms with Gasteiger partial charge in [-0.3, -0.25) is 0 Å². The summed E-state index contributed by atoms with van der Waals surface area (Å²) in [4.78, 5) is 0. The highest BCUT2D eigenvalue weighted by atomic mass is 32.1. The van der Waals surface area contributed by atoms with Crippen LogP contribution in [0.4, 0.5) is 0 Å². The van der Waals surface area contributed by atoms with Gasteiger partial charge < -0.3 is 4.18 Å². The van der Waals surface area contributed by atoms with Crippen molar-refractivity contribution in [3.8, 4) is 0 Å². The first kappa shape index (κ1) is 4.66. The maximum absolute atomic E-state index is 4.10. The minimum Gasteiger partial charge on any atom is -0.308 e. The van der Waals surface area contributed by atoms with Gasteiger partial charge in [-0.2, -0.15) is 0 Å². The second kappa shape index (κ2) is 3.66. The highest BCUT2D eigenvalue weighted by molar-refractivity contribution is 7.81. The van der Waals surface area contributed by atoms with Gasteiger partial charge in [0.2, 0.25) is 0 Å². The zero-order valence-corrected chi connectivity index (χ0v) is 3.80. The molecule has 0 radical (unpaired) electrons. The third kappa shape index (κ3) is 2.66. The Morgan fingerprint density at radius 1 is 1.75 bits per heavy atom. The number of hydrogen-bond acceptors (Lipinski definition) is 3. The molecular formula is CH4OS2. The molecule has 0 spiro atoms. The lowest BCUT2D eigenvalue weighted by Crippen LogP contribution is -1.59. The average Bonchev–Trinajstić information content (AvgIpc) is 1.37. The molecule has 0 aromatic heterocycles. The number of rotatable bonds is 1. The van der Waals surface area contributed by atoms with Crippen LogP contribution in [-0.4, -0.2) is 5.94 Å². The molecule has 0 saturated carbocycles. The van der Waals surface area contributed by atoms with Gasteiger partial charge in [0.05, 0.1) is 0 Å². The van der Waals surface area contributed by atoms with Crippen LogP contribution in [0, 0.1) is 0 Å². The van der Waals surface area contributed by atoms with Gasteiger partial charge in [-0.1, -0.05) is 0 Å². The molecular weight excluding hydrogens is 92.1 g/mol. The second-order valence-electron chi connectivity index (χ2n) is 0.258. The van der Waals surface area contributed by atoms with E-state index in [4.69, 9.17) is 0 Å². The third-order valence-electron chi connectivity index (χ3n) is 0.0577. The van der Waals surface area contributed by atoms with Crippen molar-refractivity contribution < 1.29 is 4.18 Å². The van der Waals surface area contributed by atoms with Crippen molar-refractivity contribution in [1.29, 1.82) is 0 Å². The van der Waals surface area contributed by atoms with E-state index in [1.807, 2.05) is 0 Å². The van der Waals surface area contributed by atoms with Gasteiger partial charge in [0.15, 0.2) is 0 Å². The Kier molecular flexibility index (Phi) is 4.26. The summed E-state index contributed by atoms with van der Waals surface area (Å²) in [6.07, 6.45) is 0. The van der Waals surface area contributed by atoms with E-state index in [9.17, 15) is 0 Å². The molecule has 0 fully saturated rings. The van der Waals surface area contributed by atoms with E-state index in [1.165, 1.54) is 0 Å². The van der Waals surface area contributed by atoms with Crippen molar-refractivity contribution >= 4 is 25.5 Å². The van der Waals surface area contributed by atoms with Gasteiger partial charge in [0.1, 0.15) is 5.94 Å². The Morgan fingerprint density at radius 3 is 2.00 bits per heavy atom. The summed E-state index contributed by atoms with van der Waals surface area (Å²) in [7, 11) is 0. The molecule has 0 unspecified atom stereocenters. The van der Waals surface area contributed by atoms with Gasteiger partial charge >= 0.3 is 0 Å². The predicted molar refractivity (Wildman–Crippen MR) is 23.9 cm³/mol. The molecule has 0 atom stereocenters. The molecule has 0 rings (SSSR count). The first-order chi connectivity index (χ1) is 1.91. The molecule has 0 aromatic carbocycles. The fourth-order valence-corrected chi connectivity index (χ4v) is 0. The monoisotopic (exact) mass is 96.0 g/mol. The minimum absolute atomic E-state index is 0.378. The molecule has 0 aliphatic heterocycles. The van der Waals surface area contributed by atoms with Crippen molar-refractivity contribution in [2.75, 3.05) is 5.94 Å². The first-order valence-electron chi connectivity index (χ1n) is 0.787. The van der Waals surface area contributed by atoms with Crippen molar-refractivity contribution in [3.63, 3.8) is 0 Å². The largest absolute Gasteiger partial charge is 0.308 e. The molecule has 0 aromatic rings. The highest BCUT2D eigenvalue weighted by Gasteiger charge is 1.53. The van der Waals surface area contributed by atoms with Gasteiger partial charge in [0.25, 0.3) is 0 Å². The van der Waals surface area contributed by atoms with Crippen molar-refractivity contribution in [1.82, 2.24) is 0 Å². The predicted octanol–water partition coefficient (Wildman–Crippen LogP) is 0.735. The standard InChI is InChI=1S/CH4OS2/c3-1-2-4/h3-4H,1H2. The maximum Gasteiger partial charge on any atom is 0.104 e. The summed E-state index contributed by atoms with van der Waals surface area (Å²) >= 11 is 6.97. The molecule has 0 N–H and O–H groups in total. The Labute approximate surface area is 36.4 Å². The van der Waals surface area contributed by atoms with E-state index in [1.54, 1.807) is 0 Å². The van der Waals surface area contributed by atoms with Crippen molar-refractivity contribution in [2.24, 2.45) is 0 Å². The van der Waals surface area contributed by atoms with E-state index < -0.39 is 0 Å². The molecule has 4 heavy (non-hydrogen) atoms. The quantitative estimate of drug-likeness (QED) is 0.278. The molecule has 0 amide bonds. The van der Waals surface area contributed by atoms with Crippen LogP contribution in [-0.2, 0) is 4.18 Å². The lowest BCUT2D eigenvalue weighted by Gasteiger charge is -1.73. The van der Waals surface area contributed by atoms with Gasteiger partial charge in [-0.15, -0.1) is 12.6 Å². The van der Waals surface area contributed by atoms with Crippen LogP contribution in [0.15, 0.2) is 0 Å². The molecule has 0 aliphatic carbocycles. The highest BCUT2D eigenvalue weighted by Crippen LogP contribution is 1.76. The normalized spacial score (nSPS) is 7.50.